The zero-order valence-electron chi connectivity index (χ0n) is 22.3. The molecule has 0 bridgehead atoms. The molecule has 1 aliphatic rings. The first-order chi connectivity index (χ1) is 19.2. The Kier molecular flexibility index (Phi) is 7.82. The molecule has 2 heterocycles. The summed E-state index contributed by atoms with van der Waals surface area (Å²) in [4.78, 5) is 7.19. The van der Waals surface area contributed by atoms with E-state index in [9.17, 15) is 13.2 Å². The molecule has 6 nitrogen and oxygen atoms in total. The molecular weight excluding hydrogens is 533 g/mol. The van der Waals surface area contributed by atoms with Gasteiger partial charge in [-0.15, -0.1) is 11.8 Å². The van der Waals surface area contributed by atoms with Crippen molar-refractivity contribution in [1.82, 2.24) is 9.55 Å². The maximum absolute atomic E-state index is 13.5. The van der Waals surface area contributed by atoms with Crippen LogP contribution in [-0.2, 0) is 6.18 Å². The fourth-order valence-corrected chi connectivity index (χ4v) is 5.48. The maximum Gasteiger partial charge on any atom is 0.434 e. The Morgan fingerprint density at radius 1 is 1.00 bits per heavy atom. The molecule has 1 saturated heterocycles. The number of halogens is 3. The zero-order valence-corrected chi connectivity index (χ0v) is 23.1. The summed E-state index contributed by atoms with van der Waals surface area (Å²) >= 11 is 1.63. The summed E-state index contributed by atoms with van der Waals surface area (Å²) in [6, 6.07) is 21.5. The largest absolute Gasteiger partial charge is 0.434 e. The molecule has 10 heteroatoms. The third kappa shape index (κ3) is 5.55. The number of alkyl halides is 3. The molecule has 0 atom stereocenters. The molecule has 4 N–H and O–H groups in total. The summed E-state index contributed by atoms with van der Waals surface area (Å²) in [7, 11) is 0. The Hall–Kier alpha value is -3.89. The monoisotopic (exact) mass is 564 g/mol. The lowest BCUT2D eigenvalue weighted by Crippen LogP contribution is -2.31. The van der Waals surface area contributed by atoms with Gasteiger partial charge in [0.05, 0.1) is 17.1 Å². The van der Waals surface area contributed by atoms with Crippen molar-refractivity contribution in [2.24, 2.45) is 11.6 Å². The molecule has 0 aliphatic carbocycles. The highest BCUT2D eigenvalue weighted by Gasteiger charge is 2.35. The summed E-state index contributed by atoms with van der Waals surface area (Å²) in [5.41, 5.74) is 10.3. The second kappa shape index (κ2) is 11.3. The normalized spacial score (nSPS) is 14.2. The Morgan fingerprint density at radius 2 is 1.70 bits per heavy atom. The van der Waals surface area contributed by atoms with Crippen LogP contribution in [0, 0.1) is 6.92 Å². The molecule has 0 amide bonds. The van der Waals surface area contributed by atoms with Crippen LogP contribution in [0.2, 0.25) is 0 Å². The van der Waals surface area contributed by atoms with E-state index in [4.69, 9.17) is 11.6 Å². The lowest BCUT2D eigenvalue weighted by molar-refractivity contribution is -0.141. The zero-order chi connectivity index (χ0) is 28.4. The van der Waals surface area contributed by atoms with E-state index in [2.05, 4.69) is 16.0 Å². The molecule has 0 radical (unpaired) electrons. The van der Waals surface area contributed by atoms with Crippen LogP contribution in [0.15, 0.2) is 84.0 Å². The van der Waals surface area contributed by atoms with Crippen molar-refractivity contribution in [2.75, 3.05) is 29.3 Å². The number of thioether (sulfide) groups is 1. The number of imidazole rings is 1. The molecule has 0 unspecified atom stereocenters. The summed E-state index contributed by atoms with van der Waals surface area (Å²) < 4.78 is 42.0. The molecular formula is C30H31F3N6S. The van der Waals surface area contributed by atoms with Crippen LogP contribution in [0.5, 0.6) is 0 Å². The van der Waals surface area contributed by atoms with Gasteiger partial charge in [0.15, 0.2) is 5.69 Å². The third-order valence-corrected chi connectivity index (χ3v) is 7.85. The molecule has 0 spiro atoms. The van der Waals surface area contributed by atoms with Gasteiger partial charge >= 0.3 is 6.18 Å². The van der Waals surface area contributed by atoms with E-state index >= 15 is 0 Å². The molecule has 0 saturated carbocycles. The van der Waals surface area contributed by atoms with Crippen LogP contribution in [-0.4, -0.2) is 28.9 Å². The van der Waals surface area contributed by atoms with E-state index in [-0.39, 0.29) is 5.82 Å². The van der Waals surface area contributed by atoms with Gasteiger partial charge in [-0.25, -0.2) is 10.8 Å². The number of aromatic nitrogens is 2. The first kappa shape index (κ1) is 27.7. The second-order valence-electron chi connectivity index (χ2n) is 9.64. The first-order valence-electron chi connectivity index (χ1n) is 12.9. The minimum absolute atomic E-state index is 0.187. The minimum atomic E-state index is -4.57. The van der Waals surface area contributed by atoms with Crippen molar-refractivity contribution in [2.45, 2.75) is 30.8 Å². The number of hydrogen-bond acceptors (Lipinski definition) is 6. The smallest absolute Gasteiger partial charge is 0.403 e. The van der Waals surface area contributed by atoms with Crippen molar-refractivity contribution >= 4 is 28.8 Å². The Morgan fingerprint density at radius 3 is 2.33 bits per heavy atom. The van der Waals surface area contributed by atoms with Gasteiger partial charge in [-0.2, -0.15) is 13.2 Å². The fourth-order valence-electron chi connectivity index (χ4n) is 5.02. The lowest BCUT2D eigenvalue weighted by atomic mass is 10.0. The summed E-state index contributed by atoms with van der Waals surface area (Å²) in [5, 5.41) is 1.43. The number of nitrogens with zero attached hydrogens (tertiary/aromatic N) is 4. The molecule has 5 rings (SSSR count). The molecule has 4 aromatic rings. The van der Waals surface area contributed by atoms with Crippen molar-refractivity contribution < 1.29 is 13.2 Å². The Labute approximate surface area is 236 Å². The lowest BCUT2D eigenvalue weighted by Gasteiger charge is -2.26. The summed E-state index contributed by atoms with van der Waals surface area (Å²) in [5.74, 6) is 6.93. The quantitative estimate of drug-likeness (QED) is 0.146. The predicted octanol–water partition coefficient (Wildman–Crippen LogP) is 6.83. The SMILES string of the molecule is CSc1cccc(-c2ccc(-n3cc(C(F)(F)F)nc3C)c(N(N)/C(=C\N)c3ccc(N4CCCC4)cc3)c2)c1. The van der Waals surface area contributed by atoms with Crippen molar-refractivity contribution in [3.05, 3.63) is 96.2 Å². The number of hydrazine groups is 1. The van der Waals surface area contributed by atoms with E-state index in [0.717, 1.165) is 46.6 Å². The summed E-state index contributed by atoms with van der Waals surface area (Å²) in [6.45, 7) is 3.59. The van der Waals surface area contributed by atoms with Gasteiger partial charge in [-0.3, -0.25) is 5.01 Å². The van der Waals surface area contributed by atoms with Gasteiger partial charge in [0, 0.05) is 41.6 Å². The van der Waals surface area contributed by atoms with E-state index in [1.165, 1.54) is 35.5 Å². The standard InChI is InChI=1S/C30H31F3N6S/c1-20-36-29(30(31,32)33)19-38(20)26-13-10-23(22-6-5-7-25(16-22)40-2)17-27(26)39(35)28(18-34)21-8-11-24(12-9-21)37-14-3-4-15-37/h5-13,16-19H,3-4,14-15,34-35H2,1-2H3/b28-18-. The van der Waals surface area contributed by atoms with Gasteiger partial charge in [-0.1, -0.05) is 30.3 Å². The Bertz CT molecular complexity index is 1520. The van der Waals surface area contributed by atoms with Crippen LogP contribution in [0.3, 0.4) is 0 Å². The van der Waals surface area contributed by atoms with Crippen LogP contribution in [0.25, 0.3) is 22.5 Å². The number of nitrogens with two attached hydrogens (primary N) is 2. The number of benzene rings is 3. The Balaban J connectivity index is 1.60. The van der Waals surface area contributed by atoms with E-state index < -0.39 is 11.9 Å². The van der Waals surface area contributed by atoms with Crippen LogP contribution < -0.4 is 21.5 Å². The maximum atomic E-state index is 13.5. The molecule has 40 heavy (non-hydrogen) atoms. The van der Waals surface area contributed by atoms with Crippen LogP contribution >= 0.6 is 11.8 Å². The van der Waals surface area contributed by atoms with Crippen molar-refractivity contribution in [3.63, 3.8) is 0 Å². The number of anilines is 2. The summed E-state index contributed by atoms with van der Waals surface area (Å²) in [6.07, 6.45) is 2.19. The van der Waals surface area contributed by atoms with Gasteiger partial charge in [-0.05, 0) is 73.5 Å². The van der Waals surface area contributed by atoms with Crippen molar-refractivity contribution in [3.8, 4) is 16.8 Å². The molecule has 208 valence electrons. The number of aryl methyl sites for hydroxylation is 1. The average Bonchev–Trinajstić information content (AvgIpc) is 3.64. The van der Waals surface area contributed by atoms with Crippen LogP contribution in [0.4, 0.5) is 24.5 Å². The van der Waals surface area contributed by atoms with Crippen molar-refractivity contribution in [1.29, 1.82) is 0 Å². The first-order valence-corrected chi connectivity index (χ1v) is 14.2. The van der Waals surface area contributed by atoms with E-state index in [1.54, 1.807) is 17.8 Å². The molecule has 1 aliphatic heterocycles. The van der Waals surface area contributed by atoms with E-state index in [1.807, 2.05) is 60.9 Å². The molecule has 3 aromatic carbocycles. The fraction of sp³-hybridized carbons (Fsp3) is 0.233. The molecule has 1 aromatic heterocycles. The molecule has 1 fully saturated rings. The predicted molar refractivity (Wildman–Crippen MR) is 157 cm³/mol. The third-order valence-electron chi connectivity index (χ3n) is 7.12. The average molecular weight is 565 g/mol. The van der Waals surface area contributed by atoms with Gasteiger partial charge in [0.1, 0.15) is 5.82 Å². The second-order valence-corrected chi connectivity index (χ2v) is 10.5. The minimum Gasteiger partial charge on any atom is -0.403 e. The van der Waals surface area contributed by atoms with Gasteiger partial charge in [0.25, 0.3) is 0 Å². The van der Waals surface area contributed by atoms with Gasteiger partial charge in [0.2, 0.25) is 0 Å². The van der Waals surface area contributed by atoms with Gasteiger partial charge < -0.3 is 15.2 Å². The highest BCUT2D eigenvalue weighted by atomic mass is 32.2. The number of rotatable bonds is 7. The van der Waals surface area contributed by atoms with Crippen LogP contribution in [0.1, 0.15) is 29.9 Å². The van der Waals surface area contributed by atoms with E-state index in [0.29, 0.717) is 17.1 Å². The topological polar surface area (TPSA) is 76.3 Å². The highest BCUT2D eigenvalue weighted by molar-refractivity contribution is 7.98. The number of hydrogen-bond donors (Lipinski definition) is 2. The highest BCUT2D eigenvalue weighted by Crippen LogP contribution is 2.37.